The normalized spacial score (nSPS) is 35.4. The van der Waals surface area contributed by atoms with Crippen LogP contribution in [-0.4, -0.2) is 40.9 Å². The van der Waals surface area contributed by atoms with Crippen molar-refractivity contribution in [1.29, 1.82) is 0 Å². The Balaban J connectivity index is 1.99. The number of allylic oxidation sites excluding steroid dienone is 1. The van der Waals surface area contributed by atoms with Gasteiger partial charge in [0.25, 0.3) is 0 Å². The highest BCUT2D eigenvalue weighted by molar-refractivity contribution is 5.99. The van der Waals surface area contributed by atoms with E-state index in [-0.39, 0.29) is 23.5 Å². The van der Waals surface area contributed by atoms with E-state index in [2.05, 4.69) is 6.58 Å². The third-order valence-corrected chi connectivity index (χ3v) is 4.75. The number of ketones is 1. The highest BCUT2D eigenvalue weighted by Gasteiger charge is 2.49. The van der Waals surface area contributed by atoms with Crippen LogP contribution in [0.3, 0.4) is 0 Å². The summed E-state index contributed by atoms with van der Waals surface area (Å²) in [6, 6.07) is 0. The van der Waals surface area contributed by atoms with Crippen LogP contribution >= 0.6 is 0 Å². The van der Waals surface area contributed by atoms with E-state index >= 15 is 0 Å². The molecular formula is C17H26O4. The minimum Gasteiger partial charge on any atom is -0.392 e. The van der Waals surface area contributed by atoms with Crippen LogP contribution in [-0.2, 0) is 9.53 Å². The first-order chi connectivity index (χ1) is 9.85. The molecule has 2 saturated carbocycles. The zero-order chi connectivity index (χ0) is 15.6. The maximum Gasteiger partial charge on any atom is 0.161 e. The Kier molecular flexibility index (Phi) is 5.02. The number of aliphatic hydroxyl groups is 2. The van der Waals surface area contributed by atoms with E-state index < -0.39 is 11.7 Å². The predicted molar refractivity (Wildman–Crippen MR) is 80.7 cm³/mol. The van der Waals surface area contributed by atoms with Crippen molar-refractivity contribution >= 4 is 5.78 Å². The molecule has 0 saturated heterocycles. The number of hydrogen-bond acceptors (Lipinski definition) is 4. The number of hydrogen-bond donors (Lipinski definition) is 2. The van der Waals surface area contributed by atoms with Gasteiger partial charge in [0.1, 0.15) is 0 Å². The van der Waals surface area contributed by atoms with Crippen LogP contribution in [0.1, 0.15) is 33.1 Å². The Morgan fingerprint density at radius 3 is 2.90 bits per heavy atom. The Hall–Kier alpha value is -0.970. The number of fused-ring (bicyclic) bond motifs is 1. The van der Waals surface area contributed by atoms with Crippen LogP contribution < -0.4 is 0 Å². The third-order valence-electron chi connectivity index (χ3n) is 4.75. The van der Waals surface area contributed by atoms with E-state index in [1.165, 1.54) is 0 Å². The lowest BCUT2D eigenvalue weighted by molar-refractivity contribution is -0.118. The van der Waals surface area contributed by atoms with Gasteiger partial charge in [-0.25, -0.2) is 0 Å². The molecule has 0 aromatic rings. The molecule has 2 N–H and O–H groups in total. The molecule has 4 nitrogen and oxygen atoms in total. The van der Waals surface area contributed by atoms with Crippen LogP contribution in [0.25, 0.3) is 0 Å². The molecule has 0 heterocycles. The van der Waals surface area contributed by atoms with E-state index in [0.717, 1.165) is 0 Å². The van der Waals surface area contributed by atoms with Gasteiger partial charge in [0, 0.05) is 31.5 Å². The van der Waals surface area contributed by atoms with Crippen molar-refractivity contribution in [2.24, 2.45) is 17.8 Å². The molecule has 2 rings (SSSR count). The van der Waals surface area contributed by atoms with Gasteiger partial charge < -0.3 is 14.9 Å². The molecule has 4 heteroatoms. The molecule has 0 amide bonds. The molecule has 2 aliphatic carbocycles. The van der Waals surface area contributed by atoms with Crippen LogP contribution in [0.5, 0.6) is 0 Å². The molecule has 2 fully saturated rings. The Morgan fingerprint density at radius 1 is 1.52 bits per heavy atom. The van der Waals surface area contributed by atoms with Gasteiger partial charge >= 0.3 is 0 Å². The monoisotopic (exact) mass is 294 g/mol. The molecule has 0 bridgehead atoms. The fourth-order valence-corrected chi connectivity index (χ4v) is 3.47. The van der Waals surface area contributed by atoms with Crippen molar-refractivity contribution in [2.45, 2.75) is 44.8 Å². The fourth-order valence-electron chi connectivity index (χ4n) is 3.47. The van der Waals surface area contributed by atoms with E-state index in [0.29, 0.717) is 38.0 Å². The minimum atomic E-state index is -0.952. The van der Waals surface area contributed by atoms with Crippen molar-refractivity contribution < 1.29 is 19.7 Å². The van der Waals surface area contributed by atoms with E-state index in [1.54, 1.807) is 13.0 Å². The first-order valence-electron chi connectivity index (χ1n) is 7.75. The van der Waals surface area contributed by atoms with E-state index in [9.17, 15) is 15.0 Å². The maximum absolute atomic E-state index is 12.0. The molecule has 5 atom stereocenters. The van der Waals surface area contributed by atoms with Gasteiger partial charge in [-0.2, -0.15) is 0 Å². The summed E-state index contributed by atoms with van der Waals surface area (Å²) in [4.78, 5) is 12.0. The topological polar surface area (TPSA) is 66.8 Å². The van der Waals surface area contributed by atoms with Gasteiger partial charge in [0.2, 0.25) is 0 Å². The van der Waals surface area contributed by atoms with E-state index in [1.807, 2.05) is 13.0 Å². The summed E-state index contributed by atoms with van der Waals surface area (Å²) in [7, 11) is 0. The van der Waals surface area contributed by atoms with Gasteiger partial charge in [0.15, 0.2) is 5.78 Å². The standard InChI is InChI=1S/C17H26O4/c1-4-21-8-7-17(3,20)6-5-12-13-9-11(2)16(19)14(13)10-15(12)18/h5-6,12-15,18,20H,2,4,7-10H2,1,3H3/t12-,13-,14-,15+,17?/m0/s1. The number of ether oxygens (including phenoxy) is 1. The molecule has 21 heavy (non-hydrogen) atoms. The number of carbonyl (C=O) groups excluding carboxylic acids is 1. The van der Waals surface area contributed by atoms with E-state index in [4.69, 9.17) is 4.74 Å². The van der Waals surface area contributed by atoms with Gasteiger partial charge in [-0.3, -0.25) is 4.79 Å². The largest absolute Gasteiger partial charge is 0.392 e. The third kappa shape index (κ3) is 3.62. The number of carbonyl (C=O) groups is 1. The fraction of sp³-hybridized carbons (Fsp3) is 0.706. The molecule has 1 unspecified atom stereocenters. The highest BCUT2D eigenvalue weighted by atomic mass is 16.5. The summed E-state index contributed by atoms with van der Waals surface area (Å²) in [6.07, 6.45) is 4.81. The maximum atomic E-state index is 12.0. The van der Waals surface area contributed by atoms with Gasteiger partial charge in [-0.15, -0.1) is 0 Å². The first kappa shape index (κ1) is 16.4. The zero-order valence-corrected chi connectivity index (χ0v) is 12.9. The average molecular weight is 294 g/mol. The molecule has 118 valence electrons. The predicted octanol–water partition coefficient (Wildman–Crippen LogP) is 1.86. The molecule has 2 aliphatic rings. The lowest BCUT2D eigenvalue weighted by Crippen LogP contribution is -2.25. The van der Waals surface area contributed by atoms with Crippen molar-refractivity contribution in [3.8, 4) is 0 Å². The average Bonchev–Trinajstić information content (AvgIpc) is 2.85. The summed E-state index contributed by atoms with van der Waals surface area (Å²) in [5, 5.41) is 20.5. The van der Waals surface area contributed by atoms with Gasteiger partial charge in [0.05, 0.1) is 11.7 Å². The SMILES string of the molecule is C=C1C[C@H]2[C@H](C=CC(C)(O)CCOCC)[C@H](O)C[C@@H]2C1=O. The summed E-state index contributed by atoms with van der Waals surface area (Å²) < 4.78 is 5.26. The Labute approximate surface area is 126 Å². The summed E-state index contributed by atoms with van der Waals surface area (Å²) in [5.41, 5.74) is -0.273. The molecule has 0 aromatic heterocycles. The summed E-state index contributed by atoms with van der Waals surface area (Å²) >= 11 is 0. The Bertz CT molecular complexity index is 438. The lowest BCUT2D eigenvalue weighted by atomic mass is 9.89. The second-order valence-corrected chi connectivity index (χ2v) is 6.49. The minimum absolute atomic E-state index is 0.0724. The lowest BCUT2D eigenvalue weighted by Gasteiger charge is -2.22. The van der Waals surface area contributed by atoms with Crippen LogP contribution in [0.4, 0.5) is 0 Å². The number of Topliss-reactive ketones (excluding diaryl/α,β-unsaturated/α-hetero) is 1. The quantitative estimate of drug-likeness (QED) is 0.446. The summed E-state index contributed by atoms with van der Waals surface area (Å²) in [6.45, 7) is 8.61. The van der Waals surface area contributed by atoms with Crippen molar-refractivity contribution in [2.75, 3.05) is 13.2 Å². The van der Waals surface area contributed by atoms with Crippen LogP contribution in [0, 0.1) is 17.8 Å². The molecule has 0 aliphatic heterocycles. The van der Waals surface area contributed by atoms with Crippen molar-refractivity contribution in [3.05, 3.63) is 24.3 Å². The Morgan fingerprint density at radius 2 is 2.24 bits per heavy atom. The van der Waals surface area contributed by atoms with Crippen LogP contribution in [0.2, 0.25) is 0 Å². The number of rotatable bonds is 6. The van der Waals surface area contributed by atoms with Gasteiger partial charge in [-0.05, 0) is 38.2 Å². The molecule has 0 aromatic carbocycles. The summed E-state index contributed by atoms with van der Waals surface area (Å²) in [5.74, 6) is 0.0873. The molecule has 0 radical (unpaired) electrons. The number of aliphatic hydroxyl groups excluding tert-OH is 1. The highest BCUT2D eigenvalue weighted by Crippen LogP contribution is 2.48. The molecule has 0 spiro atoms. The molecular weight excluding hydrogens is 268 g/mol. The zero-order valence-electron chi connectivity index (χ0n) is 12.9. The van der Waals surface area contributed by atoms with Crippen molar-refractivity contribution in [1.82, 2.24) is 0 Å². The smallest absolute Gasteiger partial charge is 0.161 e. The van der Waals surface area contributed by atoms with Gasteiger partial charge in [-0.1, -0.05) is 18.7 Å². The second-order valence-electron chi connectivity index (χ2n) is 6.49. The van der Waals surface area contributed by atoms with Crippen molar-refractivity contribution in [3.63, 3.8) is 0 Å². The first-order valence-corrected chi connectivity index (χ1v) is 7.75. The second kappa shape index (κ2) is 6.42. The van der Waals surface area contributed by atoms with Crippen LogP contribution in [0.15, 0.2) is 24.3 Å².